The zero-order chi connectivity index (χ0) is 15.6. The lowest BCUT2D eigenvalue weighted by Crippen LogP contribution is -2.37. The summed E-state index contributed by atoms with van der Waals surface area (Å²) in [4.78, 5) is 12.8. The van der Waals surface area contributed by atoms with E-state index < -0.39 is 17.7 Å². The largest absolute Gasteiger partial charge is 0.480 e. The molecule has 0 spiro atoms. The number of carboxylic acid groups (broad SMARTS) is 1. The number of likely N-dealkylation sites (tertiary alicyclic amines) is 1. The fourth-order valence-corrected chi connectivity index (χ4v) is 2.93. The van der Waals surface area contributed by atoms with Gasteiger partial charge >= 0.3 is 12.1 Å². The molecule has 1 aliphatic rings. The highest BCUT2D eigenvalue weighted by Crippen LogP contribution is 2.36. The van der Waals surface area contributed by atoms with Crippen molar-refractivity contribution in [2.75, 3.05) is 13.1 Å². The SMILES string of the molecule is Cc1cc(C(F)(F)F)ccc1C1CCCCN1CC(=O)O. The van der Waals surface area contributed by atoms with Crippen LogP contribution in [0.1, 0.15) is 42.0 Å². The maximum atomic E-state index is 12.7. The Bertz CT molecular complexity index is 528. The van der Waals surface area contributed by atoms with Crippen LogP contribution in [0.5, 0.6) is 0 Å². The number of aryl methyl sites for hydroxylation is 1. The lowest BCUT2D eigenvalue weighted by atomic mass is 9.91. The molecule has 0 aliphatic carbocycles. The summed E-state index contributed by atoms with van der Waals surface area (Å²) in [6.45, 7) is 2.24. The number of nitrogens with zero attached hydrogens (tertiary/aromatic N) is 1. The second kappa shape index (κ2) is 6.05. The summed E-state index contributed by atoms with van der Waals surface area (Å²) in [5, 5.41) is 8.96. The number of hydrogen-bond donors (Lipinski definition) is 1. The van der Waals surface area contributed by atoms with Crippen LogP contribution < -0.4 is 0 Å². The highest BCUT2D eigenvalue weighted by molar-refractivity contribution is 5.69. The molecule has 1 fully saturated rings. The van der Waals surface area contributed by atoms with Crippen LogP contribution >= 0.6 is 0 Å². The predicted molar refractivity (Wildman–Crippen MR) is 72.0 cm³/mol. The first-order valence-corrected chi connectivity index (χ1v) is 6.92. The predicted octanol–water partition coefficient (Wildman–Crippen LogP) is 3.63. The number of carboxylic acids is 1. The first-order chi connectivity index (χ1) is 9.79. The lowest BCUT2D eigenvalue weighted by molar-refractivity contribution is -0.139. The van der Waals surface area contributed by atoms with Crippen molar-refractivity contribution in [1.82, 2.24) is 4.90 Å². The van der Waals surface area contributed by atoms with Crippen molar-refractivity contribution in [3.8, 4) is 0 Å². The van der Waals surface area contributed by atoms with Gasteiger partial charge in [-0.1, -0.05) is 12.5 Å². The second-order valence-corrected chi connectivity index (χ2v) is 5.44. The molecule has 116 valence electrons. The molecule has 21 heavy (non-hydrogen) atoms. The van der Waals surface area contributed by atoms with Crippen molar-refractivity contribution < 1.29 is 23.1 Å². The van der Waals surface area contributed by atoms with E-state index in [0.29, 0.717) is 12.1 Å². The van der Waals surface area contributed by atoms with E-state index in [4.69, 9.17) is 5.11 Å². The lowest BCUT2D eigenvalue weighted by Gasteiger charge is -2.35. The molecule has 1 aromatic rings. The number of hydrogen-bond acceptors (Lipinski definition) is 2. The molecule has 0 bridgehead atoms. The summed E-state index contributed by atoms with van der Waals surface area (Å²) in [5.74, 6) is -0.911. The van der Waals surface area contributed by atoms with E-state index >= 15 is 0 Å². The Kier molecular flexibility index (Phi) is 4.56. The van der Waals surface area contributed by atoms with Gasteiger partial charge in [-0.15, -0.1) is 0 Å². The van der Waals surface area contributed by atoms with Crippen LogP contribution in [0.25, 0.3) is 0 Å². The molecule has 1 saturated heterocycles. The summed E-state index contributed by atoms with van der Waals surface area (Å²) in [7, 11) is 0. The Hall–Kier alpha value is -1.56. The Labute approximate surface area is 121 Å². The molecular weight excluding hydrogens is 283 g/mol. The van der Waals surface area contributed by atoms with Crippen LogP contribution in [0.3, 0.4) is 0 Å². The van der Waals surface area contributed by atoms with Crippen LogP contribution in [0.15, 0.2) is 18.2 Å². The third-order valence-corrected chi connectivity index (χ3v) is 3.91. The maximum absolute atomic E-state index is 12.7. The molecule has 1 atom stereocenters. The van der Waals surface area contributed by atoms with Crippen molar-refractivity contribution in [3.63, 3.8) is 0 Å². The maximum Gasteiger partial charge on any atom is 0.416 e. The van der Waals surface area contributed by atoms with Crippen molar-refractivity contribution in [2.24, 2.45) is 0 Å². The molecule has 1 aromatic carbocycles. The molecule has 2 rings (SSSR count). The van der Waals surface area contributed by atoms with Crippen LogP contribution in [0, 0.1) is 6.92 Å². The molecule has 1 unspecified atom stereocenters. The van der Waals surface area contributed by atoms with E-state index in [1.54, 1.807) is 6.92 Å². The topological polar surface area (TPSA) is 40.5 Å². The van der Waals surface area contributed by atoms with Gasteiger partial charge in [0.2, 0.25) is 0 Å². The van der Waals surface area contributed by atoms with E-state index in [0.717, 1.165) is 37.0 Å². The highest BCUT2D eigenvalue weighted by Gasteiger charge is 2.32. The highest BCUT2D eigenvalue weighted by atomic mass is 19.4. The quantitative estimate of drug-likeness (QED) is 0.927. The Morgan fingerprint density at radius 2 is 2.10 bits per heavy atom. The summed E-state index contributed by atoms with van der Waals surface area (Å²) in [6.07, 6.45) is -1.69. The van der Waals surface area contributed by atoms with Gasteiger partial charge in [-0.2, -0.15) is 13.2 Å². The van der Waals surface area contributed by atoms with E-state index in [1.807, 2.05) is 4.90 Å². The first-order valence-electron chi connectivity index (χ1n) is 6.92. The number of aliphatic carboxylic acids is 1. The monoisotopic (exact) mass is 301 g/mol. The standard InChI is InChI=1S/C15H18F3NO2/c1-10-8-11(15(16,17)18)5-6-12(10)13-4-2-3-7-19(13)9-14(20)21/h5-6,8,13H,2-4,7,9H2,1H3,(H,20,21). The van der Waals surface area contributed by atoms with Gasteiger partial charge in [-0.25, -0.2) is 0 Å². The minimum absolute atomic E-state index is 0.0782. The average Bonchev–Trinajstić information content (AvgIpc) is 2.38. The molecule has 6 heteroatoms. The van der Waals surface area contributed by atoms with Gasteiger partial charge in [0, 0.05) is 6.04 Å². The van der Waals surface area contributed by atoms with Crippen LogP contribution in [0.4, 0.5) is 13.2 Å². The third kappa shape index (κ3) is 3.75. The van der Waals surface area contributed by atoms with Gasteiger partial charge in [0.15, 0.2) is 0 Å². The van der Waals surface area contributed by atoms with E-state index in [2.05, 4.69) is 0 Å². The van der Waals surface area contributed by atoms with Crippen molar-refractivity contribution in [2.45, 2.75) is 38.4 Å². The van der Waals surface area contributed by atoms with Crippen molar-refractivity contribution in [3.05, 3.63) is 34.9 Å². The molecule has 0 saturated carbocycles. The summed E-state index contributed by atoms with van der Waals surface area (Å²) >= 11 is 0. The summed E-state index contributed by atoms with van der Waals surface area (Å²) in [5.41, 5.74) is 0.695. The van der Waals surface area contributed by atoms with Gasteiger partial charge in [0.1, 0.15) is 0 Å². The molecule has 3 nitrogen and oxygen atoms in total. The van der Waals surface area contributed by atoms with Gasteiger partial charge in [-0.3, -0.25) is 9.69 Å². The van der Waals surface area contributed by atoms with Crippen LogP contribution in [-0.4, -0.2) is 29.1 Å². The average molecular weight is 301 g/mol. The fraction of sp³-hybridized carbons (Fsp3) is 0.533. The number of carbonyl (C=O) groups is 1. The van der Waals surface area contributed by atoms with Crippen molar-refractivity contribution >= 4 is 5.97 Å². The Morgan fingerprint density at radius 3 is 2.67 bits per heavy atom. The van der Waals surface area contributed by atoms with E-state index in [1.165, 1.54) is 6.07 Å². The minimum atomic E-state index is -4.35. The Balaban J connectivity index is 2.28. The number of alkyl halides is 3. The van der Waals surface area contributed by atoms with E-state index in [9.17, 15) is 18.0 Å². The molecule has 0 radical (unpaired) electrons. The molecule has 0 amide bonds. The number of benzene rings is 1. The summed E-state index contributed by atoms with van der Waals surface area (Å²) in [6, 6.07) is 3.60. The molecular formula is C15H18F3NO2. The van der Waals surface area contributed by atoms with Gasteiger partial charge in [0.25, 0.3) is 0 Å². The molecule has 0 aromatic heterocycles. The zero-order valence-corrected chi connectivity index (χ0v) is 11.8. The zero-order valence-electron chi connectivity index (χ0n) is 11.8. The Morgan fingerprint density at radius 1 is 1.38 bits per heavy atom. The smallest absolute Gasteiger partial charge is 0.416 e. The van der Waals surface area contributed by atoms with Crippen LogP contribution in [0.2, 0.25) is 0 Å². The number of rotatable bonds is 3. The molecule has 1 aliphatic heterocycles. The molecule has 1 heterocycles. The van der Waals surface area contributed by atoms with Crippen molar-refractivity contribution in [1.29, 1.82) is 0 Å². The first kappa shape index (κ1) is 15.8. The third-order valence-electron chi connectivity index (χ3n) is 3.91. The van der Waals surface area contributed by atoms with Crippen LogP contribution in [-0.2, 0) is 11.0 Å². The van der Waals surface area contributed by atoms with Gasteiger partial charge in [0.05, 0.1) is 12.1 Å². The normalized spacial score (nSPS) is 20.5. The minimum Gasteiger partial charge on any atom is -0.480 e. The number of halogens is 3. The number of piperidine rings is 1. The molecule has 1 N–H and O–H groups in total. The fourth-order valence-electron chi connectivity index (χ4n) is 2.93. The summed E-state index contributed by atoms with van der Waals surface area (Å²) < 4.78 is 38.1. The van der Waals surface area contributed by atoms with Gasteiger partial charge in [-0.05, 0) is 49.6 Å². The second-order valence-electron chi connectivity index (χ2n) is 5.44. The van der Waals surface area contributed by atoms with E-state index in [-0.39, 0.29) is 12.6 Å². The van der Waals surface area contributed by atoms with Gasteiger partial charge < -0.3 is 5.11 Å².